The molecule has 0 aliphatic heterocycles. The van der Waals surface area contributed by atoms with E-state index < -0.39 is 10.0 Å². The van der Waals surface area contributed by atoms with E-state index in [1.165, 1.54) is 12.1 Å². The summed E-state index contributed by atoms with van der Waals surface area (Å²) in [6.45, 7) is 0.322. The van der Waals surface area contributed by atoms with Crippen molar-refractivity contribution in [3.63, 3.8) is 0 Å². The lowest BCUT2D eigenvalue weighted by molar-refractivity contribution is 0.581. The van der Waals surface area contributed by atoms with Crippen LogP contribution < -0.4 is 4.72 Å². The van der Waals surface area contributed by atoms with Crippen LogP contribution in [-0.4, -0.2) is 25.7 Å². The molecule has 0 bridgehead atoms. The molecule has 0 saturated carbocycles. The molecular weight excluding hydrogens is 371 g/mol. The number of hydrogen-bond acceptors (Lipinski definition) is 5. The van der Waals surface area contributed by atoms with Gasteiger partial charge in [0.1, 0.15) is 9.24 Å². The van der Waals surface area contributed by atoms with Crippen molar-refractivity contribution in [2.45, 2.75) is 15.7 Å². The molecule has 0 spiro atoms. The van der Waals surface area contributed by atoms with Crippen molar-refractivity contribution in [3.8, 4) is 0 Å². The highest BCUT2D eigenvalue weighted by Gasteiger charge is 2.20. The van der Waals surface area contributed by atoms with E-state index in [4.69, 9.17) is 23.2 Å². The molecule has 1 aromatic carbocycles. The smallest absolute Gasteiger partial charge is 0.238 e. The zero-order chi connectivity index (χ0) is 15.3. The summed E-state index contributed by atoms with van der Waals surface area (Å²) in [6, 6.07) is 4.61. The minimum atomic E-state index is -3.69. The van der Waals surface area contributed by atoms with E-state index in [9.17, 15) is 8.42 Å². The third-order valence-electron chi connectivity index (χ3n) is 2.44. The van der Waals surface area contributed by atoms with Crippen molar-refractivity contribution < 1.29 is 8.42 Å². The van der Waals surface area contributed by atoms with Crippen LogP contribution in [0.3, 0.4) is 0 Å². The maximum atomic E-state index is 12.2. The minimum absolute atomic E-state index is 0.0686. The van der Waals surface area contributed by atoms with Gasteiger partial charge in [0.2, 0.25) is 10.0 Å². The van der Waals surface area contributed by atoms with Crippen LogP contribution in [-0.2, 0) is 10.0 Å². The molecule has 1 N–H and O–H groups in total. The molecule has 0 amide bonds. The first-order valence-corrected chi connectivity index (χ1v) is 10.1. The van der Waals surface area contributed by atoms with Gasteiger partial charge in [0, 0.05) is 23.9 Å². The molecule has 0 saturated heterocycles. The fraction of sp³-hybridized carbons (Fsp3) is 0.250. The molecule has 4 nitrogen and oxygen atoms in total. The van der Waals surface area contributed by atoms with E-state index in [0.717, 1.165) is 10.1 Å². The van der Waals surface area contributed by atoms with E-state index in [1.807, 2.05) is 5.38 Å². The number of halogens is 2. The highest BCUT2D eigenvalue weighted by molar-refractivity contribution is 8.01. The average molecular weight is 383 g/mol. The van der Waals surface area contributed by atoms with E-state index in [0.29, 0.717) is 13.0 Å². The van der Waals surface area contributed by atoms with Crippen LogP contribution in [0.5, 0.6) is 0 Å². The van der Waals surface area contributed by atoms with Crippen LogP contribution in [0.1, 0.15) is 6.42 Å². The molecule has 0 unspecified atom stereocenters. The number of thiazole rings is 1. The first kappa shape index (κ1) is 17.1. The lowest BCUT2D eigenvalue weighted by Crippen LogP contribution is -2.25. The van der Waals surface area contributed by atoms with Gasteiger partial charge in [-0.05, 0) is 18.6 Å². The first-order chi connectivity index (χ1) is 10.0. The molecule has 9 heteroatoms. The fourth-order valence-corrected chi connectivity index (χ4v) is 5.39. The van der Waals surface area contributed by atoms with Crippen molar-refractivity contribution in [2.75, 3.05) is 12.3 Å². The summed E-state index contributed by atoms with van der Waals surface area (Å²) in [4.78, 5) is 4.07. The van der Waals surface area contributed by atoms with Gasteiger partial charge in [-0.2, -0.15) is 0 Å². The number of nitrogens with one attached hydrogen (secondary N) is 1. The van der Waals surface area contributed by atoms with Crippen LogP contribution in [0.15, 0.2) is 39.0 Å². The van der Waals surface area contributed by atoms with Gasteiger partial charge in [-0.3, -0.25) is 0 Å². The molecule has 0 atom stereocenters. The molecule has 2 rings (SSSR count). The number of rotatable bonds is 7. The highest BCUT2D eigenvalue weighted by atomic mass is 35.5. The second-order valence-corrected chi connectivity index (χ2v) is 8.70. The Morgan fingerprint density at radius 1 is 1.29 bits per heavy atom. The van der Waals surface area contributed by atoms with Gasteiger partial charge < -0.3 is 0 Å². The van der Waals surface area contributed by atoms with Crippen LogP contribution in [0.2, 0.25) is 10.0 Å². The zero-order valence-electron chi connectivity index (χ0n) is 10.8. The topological polar surface area (TPSA) is 59.1 Å². The summed E-state index contributed by atoms with van der Waals surface area (Å²) in [5, 5.41) is 2.14. The Labute approximate surface area is 141 Å². The summed E-state index contributed by atoms with van der Waals surface area (Å²) in [7, 11) is -3.69. The van der Waals surface area contributed by atoms with Crippen LogP contribution in [0.25, 0.3) is 0 Å². The van der Waals surface area contributed by atoms with Gasteiger partial charge in [-0.1, -0.05) is 41.0 Å². The van der Waals surface area contributed by atoms with Crippen LogP contribution in [0.4, 0.5) is 0 Å². The number of nitrogens with zero attached hydrogens (tertiary/aromatic N) is 1. The Morgan fingerprint density at radius 3 is 2.62 bits per heavy atom. The summed E-state index contributed by atoms with van der Waals surface area (Å²) in [5.74, 6) is 0.784. The van der Waals surface area contributed by atoms with Gasteiger partial charge in [0.05, 0.1) is 10.0 Å². The monoisotopic (exact) mass is 382 g/mol. The van der Waals surface area contributed by atoms with Crippen molar-refractivity contribution in [2.24, 2.45) is 0 Å². The third-order valence-corrected chi connectivity index (χ3v) is 6.90. The van der Waals surface area contributed by atoms with E-state index in [1.54, 1.807) is 35.4 Å². The second kappa shape index (κ2) is 7.80. The number of hydrogen-bond donors (Lipinski definition) is 1. The van der Waals surface area contributed by atoms with Crippen LogP contribution >= 0.6 is 46.3 Å². The molecule has 1 aromatic heterocycles. The molecule has 0 radical (unpaired) electrons. The lowest BCUT2D eigenvalue weighted by atomic mass is 10.4. The Morgan fingerprint density at radius 2 is 2.00 bits per heavy atom. The van der Waals surface area contributed by atoms with Crippen molar-refractivity contribution in [1.29, 1.82) is 0 Å². The van der Waals surface area contributed by atoms with Crippen molar-refractivity contribution >= 4 is 56.3 Å². The number of sulfonamides is 1. The van der Waals surface area contributed by atoms with E-state index in [2.05, 4.69) is 9.71 Å². The van der Waals surface area contributed by atoms with Gasteiger partial charge in [-0.25, -0.2) is 18.1 Å². The van der Waals surface area contributed by atoms with Gasteiger partial charge in [0.15, 0.2) is 0 Å². The standard InChI is InChI=1S/C12H12Cl2N2O2S3/c13-9-3-1-4-10(14)11(9)21(17,18)16-5-2-7-19-12-15-6-8-20-12/h1,3-4,6,8,16H,2,5,7H2. The fourth-order valence-electron chi connectivity index (χ4n) is 1.53. The van der Waals surface area contributed by atoms with Crippen LogP contribution in [0, 0.1) is 0 Å². The van der Waals surface area contributed by atoms with Gasteiger partial charge in [-0.15, -0.1) is 11.3 Å². The summed E-state index contributed by atoms with van der Waals surface area (Å²) in [5.41, 5.74) is 0. The van der Waals surface area contributed by atoms with E-state index in [-0.39, 0.29) is 14.9 Å². The first-order valence-electron chi connectivity index (χ1n) is 5.96. The summed E-state index contributed by atoms with van der Waals surface area (Å²) in [6.07, 6.45) is 2.43. The van der Waals surface area contributed by atoms with Crippen molar-refractivity contribution in [3.05, 3.63) is 39.8 Å². The Kier molecular flexibility index (Phi) is 6.34. The molecule has 21 heavy (non-hydrogen) atoms. The molecule has 2 aromatic rings. The van der Waals surface area contributed by atoms with Crippen molar-refractivity contribution in [1.82, 2.24) is 9.71 Å². The second-order valence-electron chi connectivity index (χ2n) is 3.95. The molecule has 114 valence electrons. The largest absolute Gasteiger partial charge is 0.243 e. The molecule has 0 fully saturated rings. The number of thioether (sulfide) groups is 1. The normalized spacial score (nSPS) is 11.7. The molecule has 0 aliphatic carbocycles. The Hall–Kier alpha value is -0.310. The SMILES string of the molecule is O=S(=O)(NCCCSc1nccs1)c1c(Cl)cccc1Cl. The number of aromatic nitrogens is 1. The zero-order valence-corrected chi connectivity index (χ0v) is 14.7. The third kappa shape index (κ3) is 4.84. The number of benzene rings is 1. The summed E-state index contributed by atoms with van der Waals surface area (Å²) < 4.78 is 27.8. The average Bonchev–Trinajstić information content (AvgIpc) is 2.91. The van der Waals surface area contributed by atoms with Gasteiger partial charge in [0.25, 0.3) is 0 Å². The molecule has 0 aliphatic rings. The predicted molar refractivity (Wildman–Crippen MR) is 89.1 cm³/mol. The van der Waals surface area contributed by atoms with E-state index >= 15 is 0 Å². The Bertz CT molecular complexity index is 670. The minimum Gasteiger partial charge on any atom is -0.238 e. The summed E-state index contributed by atoms with van der Waals surface area (Å²) >= 11 is 15.0. The van der Waals surface area contributed by atoms with Gasteiger partial charge >= 0.3 is 0 Å². The predicted octanol–water partition coefficient (Wildman–Crippen LogP) is 3.91. The quantitative estimate of drug-likeness (QED) is 0.582. The highest BCUT2D eigenvalue weighted by Crippen LogP contribution is 2.28. The maximum Gasteiger partial charge on any atom is 0.243 e. The molecule has 1 heterocycles. The molecular formula is C12H12Cl2N2O2S3. The Balaban J connectivity index is 1.87. The maximum absolute atomic E-state index is 12.2. The lowest BCUT2D eigenvalue weighted by Gasteiger charge is -2.09.